The van der Waals surface area contributed by atoms with E-state index >= 15 is 0 Å². The molecule has 0 aliphatic heterocycles. The van der Waals surface area contributed by atoms with Crippen LogP contribution in [0.1, 0.15) is 6.42 Å². The number of hydrogen-bond acceptors (Lipinski definition) is 2. The third kappa shape index (κ3) is 3.26. The summed E-state index contributed by atoms with van der Waals surface area (Å²) in [5.74, 6) is -0.109. The Morgan fingerprint density at radius 1 is 1.86 bits per heavy atom. The molecule has 3 N–H and O–H groups in total. The zero-order valence-electron chi connectivity index (χ0n) is 4.11. The molecule has 0 bridgehead atoms. The van der Waals surface area contributed by atoms with E-state index in [0.29, 0.717) is 13.0 Å². The Kier molecular flexibility index (Phi) is 3.32. The van der Waals surface area contributed by atoms with Crippen LogP contribution in [0.2, 0.25) is 0 Å². The van der Waals surface area contributed by atoms with Crippen LogP contribution in [0.15, 0.2) is 0 Å². The fraction of sp³-hybridized carbons (Fsp3) is 0.500. The summed E-state index contributed by atoms with van der Waals surface area (Å²) in [4.78, 5) is 10.2. The lowest BCUT2D eigenvalue weighted by Crippen LogP contribution is -2.18. The molecule has 0 aromatic heterocycles. The highest BCUT2D eigenvalue weighted by atomic mass is 16.1. The fourth-order valence-electron chi connectivity index (χ4n) is 0.219. The van der Waals surface area contributed by atoms with Gasteiger partial charge in [0.05, 0.1) is 0 Å². The summed E-state index contributed by atoms with van der Waals surface area (Å²) in [6, 6.07) is 0. The van der Waals surface area contributed by atoms with Crippen molar-refractivity contribution in [2.75, 3.05) is 6.54 Å². The van der Waals surface area contributed by atoms with Crippen molar-refractivity contribution in [3.05, 3.63) is 7.05 Å². The van der Waals surface area contributed by atoms with Gasteiger partial charge in [-0.1, -0.05) is 0 Å². The Morgan fingerprint density at radius 3 is 2.57 bits per heavy atom. The molecule has 0 saturated carbocycles. The van der Waals surface area contributed by atoms with E-state index in [1.54, 1.807) is 0 Å². The number of amides is 1. The van der Waals surface area contributed by atoms with Gasteiger partial charge in [0.2, 0.25) is 5.91 Å². The van der Waals surface area contributed by atoms with Gasteiger partial charge in [-0.25, -0.2) is 0 Å². The first-order valence-electron chi connectivity index (χ1n) is 2.07. The van der Waals surface area contributed by atoms with E-state index in [1.807, 2.05) is 0 Å². The number of nitrogens with two attached hydrogens (primary N) is 1. The van der Waals surface area contributed by atoms with Gasteiger partial charge in [-0.15, -0.1) is 0 Å². The SMILES string of the molecule is [CH2]NC(=O)CCN. The minimum absolute atomic E-state index is 0.109. The predicted molar refractivity (Wildman–Crippen MR) is 27.2 cm³/mol. The van der Waals surface area contributed by atoms with Crippen molar-refractivity contribution < 1.29 is 4.79 Å². The molecular formula is C4H9N2O. The standard InChI is InChI=1S/C4H9N2O/c1-6-4(7)2-3-5/h1-3,5H2,(H,6,7). The highest BCUT2D eigenvalue weighted by molar-refractivity contribution is 5.76. The highest BCUT2D eigenvalue weighted by Gasteiger charge is 1.90. The summed E-state index contributed by atoms with van der Waals surface area (Å²) in [7, 11) is 3.15. The van der Waals surface area contributed by atoms with Crippen LogP contribution in [0, 0.1) is 7.05 Å². The largest absolute Gasteiger partial charge is 0.354 e. The van der Waals surface area contributed by atoms with E-state index in [2.05, 4.69) is 12.4 Å². The summed E-state index contributed by atoms with van der Waals surface area (Å²) >= 11 is 0. The summed E-state index contributed by atoms with van der Waals surface area (Å²) in [5, 5.41) is 2.20. The van der Waals surface area contributed by atoms with Crippen molar-refractivity contribution in [3.63, 3.8) is 0 Å². The third-order valence-electron chi connectivity index (χ3n) is 0.569. The monoisotopic (exact) mass is 101 g/mol. The van der Waals surface area contributed by atoms with Crippen molar-refractivity contribution in [1.82, 2.24) is 5.32 Å². The first kappa shape index (κ1) is 6.43. The molecule has 3 nitrogen and oxygen atoms in total. The Hall–Kier alpha value is -0.570. The number of hydrogen-bond donors (Lipinski definition) is 2. The molecule has 0 atom stereocenters. The highest BCUT2D eigenvalue weighted by Crippen LogP contribution is 1.69. The molecule has 0 saturated heterocycles. The second kappa shape index (κ2) is 3.61. The van der Waals surface area contributed by atoms with Crippen molar-refractivity contribution in [2.45, 2.75) is 6.42 Å². The average molecular weight is 101 g/mol. The fourth-order valence-corrected chi connectivity index (χ4v) is 0.219. The molecule has 0 heterocycles. The predicted octanol–water partition coefficient (Wildman–Crippen LogP) is -0.757. The Balaban J connectivity index is 3.00. The van der Waals surface area contributed by atoms with Crippen LogP contribution in [0.4, 0.5) is 0 Å². The molecular weight excluding hydrogens is 92.1 g/mol. The van der Waals surface area contributed by atoms with Gasteiger partial charge >= 0.3 is 0 Å². The van der Waals surface area contributed by atoms with E-state index in [-0.39, 0.29) is 5.91 Å². The summed E-state index contributed by atoms with van der Waals surface area (Å²) < 4.78 is 0. The molecule has 41 valence electrons. The van der Waals surface area contributed by atoms with E-state index in [9.17, 15) is 4.79 Å². The van der Waals surface area contributed by atoms with Crippen LogP contribution in [0.5, 0.6) is 0 Å². The zero-order valence-corrected chi connectivity index (χ0v) is 4.11. The molecule has 0 aromatic carbocycles. The minimum Gasteiger partial charge on any atom is -0.354 e. The van der Waals surface area contributed by atoms with Gasteiger partial charge in [0.15, 0.2) is 0 Å². The molecule has 3 heteroatoms. The van der Waals surface area contributed by atoms with Crippen molar-refractivity contribution in [1.29, 1.82) is 0 Å². The summed E-state index contributed by atoms with van der Waals surface area (Å²) in [6.07, 6.45) is 0.365. The first-order valence-corrected chi connectivity index (χ1v) is 2.07. The van der Waals surface area contributed by atoms with Gasteiger partial charge in [0.25, 0.3) is 0 Å². The maximum atomic E-state index is 10.2. The van der Waals surface area contributed by atoms with Gasteiger partial charge in [-0.2, -0.15) is 0 Å². The van der Waals surface area contributed by atoms with Crippen LogP contribution >= 0.6 is 0 Å². The van der Waals surface area contributed by atoms with Gasteiger partial charge < -0.3 is 11.1 Å². The zero-order chi connectivity index (χ0) is 5.70. The van der Waals surface area contributed by atoms with Crippen LogP contribution in [0.25, 0.3) is 0 Å². The van der Waals surface area contributed by atoms with Crippen molar-refractivity contribution in [3.8, 4) is 0 Å². The first-order chi connectivity index (χ1) is 3.31. The van der Waals surface area contributed by atoms with Gasteiger partial charge in [-0.3, -0.25) is 4.79 Å². The summed E-state index contributed by atoms with van der Waals surface area (Å²) in [6.45, 7) is 0.390. The van der Waals surface area contributed by atoms with E-state index in [0.717, 1.165) is 0 Å². The Bertz CT molecular complexity index is 62.7. The van der Waals surface area contributed by atoms with Crippen LogP contribution in [0.3, 0.4) is 0 Å². The number of carbonyl (C=O) groups is 1. The lowest BCUT2D eigenvalue weighted by molar-refractivity contribution is -0.120. The van der Waals surface area contributed by atoms with Crippen molar-refractivity contribution in [2.24, 2.45) is 5.73 Å². The normalized spacial score (nSPS) is 8.29. The van der Waals surface area contributed by atoms with Crippen molar-refractivity contribution >= 4 is 5.91 Å². The molecule has 0 aliphatic carbocycles. The molecule has 0 spiro atoms. The van der Waals surface area contributed by atoms with Gasteiger partial charge in [0, 0.05) is 20.0 Å². The third-order valence-corrected chi connectivity index (χ3v) is 0.569. The molecule has 0 rings (SSSR count). The van der Waals surface area contributed by atoms with Gasteiger partial charge in [0.1, 0.15) is 0 Å². The van der Waals surface area contributed by atoms with Crippen LogP contribution in [-0.4, -0.2) is 12.5 Å². The average Bonchev–Trinajstić information content (AvgIpc) is 1.68. The maximum absolute atomic E-state index is 10.2. The second-order valence-electron chi connectivity index (χ2n) is 1.14. The summed E-state index contributed by atoms with van der Waals surface area (Å²) in [5.41, 5.74) is 5.02. The lowest BCUT2D eigenvalue weighted by Gasteiger charge is -1.91. The molecule has 1 amide bonds. The topological polar surface area (TPSA) is 55.1 Å². The quantitative estimate of drug-likeness (QED) is 0.480. The maximum Gasteiger partial charge on any atom is 0.221 e. The van der Waals surface area contributed by atoms with Crippen LogP contribution < -0.4 is 11.1 Å². The molecule has 7 heavy (non-hydrogen) atoms. The Labute approximate surface area is 42.9 Å². The molecule has 0 unspecified atom stereocenters. The van der Waals surface area contributed by atoms with E-state index in [4.69, 9.17) is 5.73 Å². The molecule has 0 aromatic rings. The number of rotatable bonds is 2. The molecule has 0 aliphatic rings. The van der Waals surface area contributed by atoms with Gasteiger partial charge in [-0.05, 0) is 0 Å². The van der Waals surface area contributed by atoms with E-state index in [1.165, 1.54) is 0 Å². The lowest BCUT2D eigenvalue weighted by atomic mass is 10.4. The Morgan fingerprint density at radius 2 is 2.43 bits per heavy atom. The molecule has 1 radical (unpaired) electrons. The smallest absolute Gasteiger partial charge is 0.221 e. The van der Waals surface area contributed by atoms with Crippen LogP contribution in [-0.2, 0) is 4.79 Å². The van der Waals surface area contributed by atoms with E-state index < -0.39 is 0 Å². The second-order valence-corrected chi connectivity index (χ2v) is 1.14. The number of carbonyl (C=O) groups excluding carboxylic acids is 1. The number of nitrogens with one attached hydrogen (secondary N) is 1. The molecule has 0 fully saturated rings. The minimum atomic E-state index is -0.109.